The summed E-state index contributed by atoms with van der Waals surface area (Å²) in [6.45, 7) is 5.47. The number of aldehydes is 1. The first-order valence-corrected chi connectivity index (χ1v) is 6.26. The van der Waals surface area contributed by atoms with Gasteiger partial charge in [0.2, 0.25) is 0 Å². The summed E-state index contributed by atoms with van der Waals surface area (Å²) in [5, 5.41) is 0. The highest BCUT2D eigenvalue weighted by Crippen LogP contribution is 2.29. The molecule has 0 aromatic carbocycles. The van der Waals surface area contributed by atoms with E-state index < -0.39 is 11.7 Å². The molecule has 1 rings (SSSR count). The van der Waals surface area contributed by atoms with Crippen LogP contribution in [0, 0.1) is 5.92 Å². The molecule has 1 unspecified atom stereocenters. The number of hydrogen-bond acceptors (Lipinski definition) is 3. The maximum absolute atomic E-state index is 11.9. The van der Waals surface area contributed by atoms with Crippen LogP contribution in [0.3, 0.4) is 0 Å². The van der Waals surface area contributed by atoms with Crippen LogP contribution in [0.2, 0.25) is 0 Å². The normalized spacial score (nSPS) is 18.8. The maximum Gasteiger partial charge on any atom is 0.410 e. The smallest absolute Gasteiger partial charge is 0.410 e. The second-order valence-corrected chi connectivity index (χ2v) is 5.76. The lowest BCUT2D eigenvalue weighted by atomic mass is 9.98. The predicted molar refractivity (Wildman–Crippen MR) is 65.8 cm³/mol. The molecule has 0 bridgehead atoms. The highest BCUT2D eigenvalue weighted by Gasteiger charge is 2.32. The fraction of sp³-hybridized carbons (Fsp3) is 0.846. The number of hydrogen-bond donors (Lipinski definition) is 0. The minimum Gasteiger partial charge on any atom is -0.444 e. The van der Waals surface area contributed by atoms with Crippen LogP contribution in [-0.2, 0) is 9.53 Å². The molecule has 0 aromatic heterocycles. The van der Waals surface area contributed by atoms with Crippen LogP contribution in [0.25, 0.3) is 0 Å². The molecule has 0 heterocycles. The molecule has 0 aromatic rings. The molecule has 0 radical (unpaired) electrons. The number of rotatable bonds is 3. The Balaban J connectivity index is 2.62. The van der Waals surface area contributed by atoms with E-state index in [9.17, 15) is 9.59 Å². The van der Waals surface area contributed by atoms with E-state index in [0.717, 1.165) is 32.0 Å². The van der Waals surface area contributed by atoms with Crippen LogP contribution in [0.4, 0.5) is 4.79 Å². The van der Waals surface area contributed by atoms with Gasteiger partial charge in [-0.05, 0) is 39.5 Å². The molecule has 1 amide bonds. The molecule has 1 aliphatic carbocycles. The minimum atomic E-state index is -0.519. The monoisotopic (exact) mass is 241 g/mol. The Morgan fingerprint density at radius 2 is 1.88 bits per heavy atom. The number of ether oxygens (including phenoxy) is 1. The Morgan fingerprint density at radius 3 is 2.29 bits per heavy atom. The first-order chi connectivity index (χ1) is 7.85. The molecule has 1 aliphatic rings. The van der Waals surface area contributed by atoms with Crippen LogP contribution in [0.5, 0.6) is 0 Å². The summed E-state index contributed by atoms with van der Waals surface area (Å²) < 4.78 is 5.27. The van der Waals surface area contributed by atoms with Gasteiger partial charge in [-0.15, -0.1) is 0 Å². The Hall–Kier alpha value is -1.06. The molecular formula is C13H23NO3. The van der Waals surface area contributed by atoms with Gasteiger partial charge in [-0.3, -0.25) is 0 Å². The Morgan fingerprint density at radius 1 is 1.35 bits per heavy atom. The largest absolute Gasteiger partial charge is 0.444 e. The Bertz CT molecular complexity index is 277. The molecular weight excluding hydrogens is 218 g/mol. The average molecular weight is 241 g/mol. The van der Waals surface area contributed by atoms with Crippen molar-refractivity contribution in [2.24, 2.45) is 5.92 Å². The van der Waals surface area contributed by atoms with Crippen LogP contribution in [0.15, 0.2) is 0 Å². The van der Waals surface area contributed by atoms with Gasteiger partial charge in [-0.1, -0.05) is 12.8 Å². The number of carbonyl (C=O) groups is 2. The van der Waals surface area contributed by atoms with Crippen molar-refractivity contribution >= 4 is 12.4 Å². The maximum atomic E-state index is 11.9. The van der Waals surface area contributed by atoms with Gasteiger partial charge in [-0.25, -0.2) is 4.79 Å². The number of amides is 1. The van der Waals surface area contributed by atoms with Crippen molar-refractivity contribution in [3.05, 3.63) is 0 Å². The number of likely N-dealkylation sites (N-methyl/N-ethyl adjacent to an activating group) is 1. The summed E-state index contributed by atoms with van der Waals surface area (Å²) in [5.41, 5.74) is -0.519. The lowest BCUT2D eigenvalue weighted by molar-refractivity contribution is -0.113. The van der Waals surface area contributed by atoms with Crippen LogP contribution < -0.4 is 0 Å². The van der Waals surface area contributed by atoms with Crippen molar-refractivity contribution in [3.8, 4) is 0 Å². The molecule has 0 saturated heterocycles. The molecule has 17 heavy (non-hydrogen) atoms. The van der Waals surface area contributed by atoms with Crippen LogP contribution >= 0.6 is 0 Å². The van der Waals surface area contributed by atoms with Gasteiger partial charge < -0.3 is 14.4 Å². The molecule has 1 saturated carbocycles. The highest BCUT2D eigenvalue weighted by atomic mass is 16.6. The minimum absolute atomic E-state index is 0.296. The zero-order valence-corrected chi connectivity index (χ0v) is 11.2. The van der Waals surface area contributed by atoms with E-state index in [2.05, 4.69) is 0 Å². The fourth-order valence-corrected chi connectivity index (χ4v) is 2.27. The highest BCUT2D eigenvalue weighted by molar-refractivity contribution is 5.73. The molecule has 0 N–H and O–H groups in total. The lowest BCUT2D eigenvalue weighted by Gasteiger charge is -2.30. The van der Waals surface area contributed by atoms with Gasteiger partial charge in [-0.2, -0.15) is 0 Å². The Labute approximate surface area is 103 Å². The first kappa shape index (κ1) is 14.0. The number of carbonyl (C=O) groups excluding carboxylic acids is 2. The van der Waals surface area contributed by atoms with E-state index in [1.54, 1.807) is 7.05 Å². The molecule has 4 heteroatoms. The van der Waals surface area contributed by atoms with Crippen LogP contribution in [-0.4, -0.2) is 36.0 Å². The van der Waals surface area contributed by atoms with Gasteiger partial charge in [0.1, 0.15) is 11.9 Å². The summed E-state index contributed by atoms with van der Waals surface area (Å²) in [4.78, 5) is 24.5. The van der Waals surface area contributed by atoms with Gasteiger partial charge in [0.05, 0.1) is 6.04 Å². The SMILES string of the molecule is CN(C(=O)OC(C)(C)C)C(C=O)C1CCCC1. The quantitative estimate of drug-likeness (QED) is 0.713. The molecule has 0 spiro atoms. The van der Waals surface area contributed by atoms with Crippen LogP contribution in [0.1, 0.15) is 46.5 Å². The predicted octanol–water partition coefficient (Wildman–Crippen LogP) is 2.61. The molecule has 98 valence electrons. The summed E-state index contributed by atoms with van der Waals surface area (Å²) in [6.07, 6.45) is 4.81. The second-order valence-electron chi connectivity index (χ2n) is 5.76. The lowest BCUT2D eigenvalue weighted by Crippen LogP contribution is -2.44. The van der Waals surface area contributed by atoms with Crippen molar-refractivity contribution in [2.75, 3.05) is 7.05 Å². The third kappa shape index (κ3) is 4.02. The fourth-order valence-electron chi connectivity index (χ4n) is 2.27. The van der Waals surface area contributed by atoms with Gasteiger partial charge in [0, 0.05) is 7.05 Å². The van der Waals surface area contributed by atoms with Gasteiger partial charge in [0.15, 0.2) is 0 Å². The van der Waals surface area contributed by atoms with Crippen molar-refractivity contribution < 1.29 is 14.3 Å². The molecule has 1 atom stereocenters. The van der Waals surface area contributed by atoms with Crippen molar-refractivity contribution in [1.29, 1.82) is 0 Å². The van der Waals surface area contributed by atoms with E-state index in [0.29, 0.717) is 5.92 Å². The van der Waals surface area contributed by atoms with E-state index in [1.165, 1.54) is 4.90 Å². The zero-order valence-electron chi connectivity index (χ0n) is 11.2. The molecule has 1 fully saturated rings. The Kier molecular flexibility index (Phi) is 4.54. The summed E-state index contributed by atoms with van der Waals surface area (Å²) in [7, 11) is 1.64. The standard InChI is InChI=1S/C13H23NO3/c1-13(2,3)17-12(16)14(4)11(9-15)10-7-5-6-8-10/h9-11H,5-8H2,1-4H3. The topological polar surface area (TPSA) is 46.6 Å². The van der Waals surface area contributed by atoms with Crippen molar-refractivity contribution in [2.45, 2.75) is 58.1 Å². The number of nitrogens with zero attached hydrogens (tertiary/aromatic N) is 1. The molecule has 4 nitrogen and oxygen atoms in total. The second kappa shape index (κ2) is 5.52. The van der Waals surface area contributed by atoms with E-state index >= 15 is 0 Å². The average Bonchev–Trinajstić information content (AvgIpc) is 2.69. The van der Waals surface area contributed by atoms with Gasteiger partial charge in [0.25, 0.3) is 0 Å². The third-order valence-corrected chi connectivity index (χ3v) is 3.15. The third-order valence-electron chi connectivity index (χ3n) is 3.15. The molecule has 0 aliphatic heterocycles. The van der Waals surface area contributed by atoms with Crippen molar-refractivity contribution in [1.82, 2.24) is 4.90 Å². The van der Waals surface area contributed by atoms with E-state index in [-0.39, 0.29) is 6.04 Å². The van der Waals surface area contributed by atoms with Crippen molar-refractivity contribution in [3.63, 3.8) is 0 Å². The first-order valence-electron chi connectivity index (χ1n) is 6.26. The van der Waals surface area contributed by atoms with E-state index in [1.807, 2.05) is 20.8 Å². The van der Waals surface area contributed by atoms with E-state index in [4.69, 9.17) is 4.74 Å². The zero-order chi connectivity index (χ0) is 13.1. The van der Waals surface area contributed by atoms with Gasteiger partial charge >= 0.3 is 6.09 Å². The summed E-state index contributed by atoms with van der Waals surface area (Å²) in [6, 6.07) is -0.340. The summed E-state index contributed by atoms with van der Waals surface area (Å²) >= 11 is 0. The summed E-state index contributed by atoms with van der Waals surface area (Å²) in [5.74, 6) is 0.296.